The van der Waals surface area contributed by atoms with Gasteiger partial charge in [0.05, 0.1) is 11.1 Å². The maximum absolute atomic E-state index is 12.8. The zero-order valence-corrected chi connectivity index (χ0v) is 12.9. The van der Waals surface area contributed by atoms with Crippen molar-refractivity contribution in [2.45, 2.75) is 10.3 Å². The lowest BCUT2D eigenvalue weighted by Crippen LogP contribution is -2.30. The lowest BCUT2D eigenvalue weighted by atomic mass is 10.1. The van der Waals surface area contributed by atoms with Gasteiger partial charge in [-0.05, 0) is 35.0 Å². The fourth-order valence-electron chi connectivity index (χ4n) is 2.58. The normalized spacial score (nSPS) is 16.8. The van der Waals surface area contributed by atoms with E-state index in [1.807, 2.05) is 30.3 Å². The zero-order chi connectivity index (χ0) is 15.9. The van der Waals surface area contributed by atoms with Crippen LogP contribution in [-0.2, 0) is 9.84 Å². The van der Waals surface area contributed by atoms with Crippen LogP contribution in [0.5, 0.6) is 5.75 Å². The first kappa shape index (κ1) is 14.0. The van der Waals surface area contributed by atoms with E-state index in [1.54, 1.807) is 36.4 Å². The zero-order valence-electron chi connectivity index (χ0n) is 12.1. The third-order valence-electron chi connectivity index (χ3n) is 3.80. The lowest BCUT2D eigenvalue weighted by molar-refractivity contribution is 0.332. The fourth-order valence-corrected chi connectivity index (χ4v) is 3.85. The van der Waals surface area contributed by atoms with Gasteiger partial charge >= 0.3 is 0 Å². The quantitative estimate of drug-likeness (QED) is 0.722. The van der Waals surface area contributed by atoms with Gasteiger partial charge in [0.2, 0.25) is 15.3 Å². The van der Waals surface area contributed by atoms with Crippen molar-refractivity contribution in [3.05, 3.63) is 66.7 Å². The molecule has 3 aromatic carbocycles. The first-order chi connectivity index (χ1) is 11.1. The Hall–Kier alpha value is -2.66. The summed E-state index contributed by atoms with van der Waals surface area (Å²) in [4.78, 5) is 4.43. The Balaban J connectivity index is 1.75. The average molecular weight is 323 g/mol. The van der Waals surface area contributed by atoms with Gasteiger partial charge in [-0.2, -0.15) is 0 Å². The molecule has 1 unspecified atom stereocenters. The Kier molecular flexibility index (Phi) is 3.16. The number of benzene rings is 3. The number of fused-ring (bicyclic) bond motifs is 2. The summed E-state index contributed by atoms with van der Waals surface area (Å²) in [5.74, 6) is 0.476. The molecule has 0 fully saturated rings. The monoisotopic (exact) mass is 323 g/mol. The number of ether oxygens (including phenoxy) is 1. The third kappa shape index (κ3) is 2.39. The highest BCUT2D eigenvalue weighted by atomic mass is 32.2. The van der Waals surface area contributed by atoms with Gasteiger partial charge in [0.15, 0.2) is 0 Å². The molecule has 1 heterocycles. The summed E-state index contributed by atoms with van der Waals surface area (Å²) in [5.41, 5.74) is -0.476. The van der Waals surface area contributed by atoms with Crippen molar-refractivity contribution >= 4 is 32.5 Å². The molecule has 0 saturated heterocycles. The second-order valence-corrected chi connectivity index (χ2v) is 7.31. The van der Waals surface area contributed by atoms with Crippen LogP contribution in [0.2, 0.25) is 0 Å². The first-order valence-electron chi connectivity index (χ1n) is 7.17. The molecule has 0 bridgehead atoms. The predicted molar refractivity (Wildman–Crippen MR) is 90.1 cm³/mol. The van der Waals surface area contributed by atoms with Gasteiger partial charge in [0.1, 0.15) is 11.4 Å². The van der Waals surface area contributed by atoms with Gasteiger partial charge < -0.3 is 4.74 Å². The van der Waals surface area contributed by atoms with Crippen LogP contribution in [0.3, 0.4) is 0 Å². The molecule has 3 aromatic rings. The highest BCUT2D eigenvalue weighted by Crippen LogP contribution is 2.33. The molecule has 1 aliphatic heterocycles. The van der Waals surface area contributed by atoms with E-state index in [-0.39, 0.29) is 4.90 Å². The van der Waals surface area contributed by atoms with Crippen molar-refractivity contribution in [3.8, 4) is 5.75 Å². The molecule has 23 heavy (non-hydrogen) atoms. The molecule has 1 atom stereocenters. The van der Waals surface area contributed by atoms with E-state index in [9.17, 15) is 8.42 Å². The largest absolute Gasteiger partial charge is 0.466 e. The maximum atomic E-state index is 12.8. The Morgan fingerprint density at radius 2 is 1.61 bits per heavy atom. The highest BCUT2D eigenvalue weighted by molar-refractivity contribution is 7.92. The average Bonchev–Trinajstić information content (AvgIpc) is 2.61. The van der Waals surface area contributed by atoms with Gasteiger partial charge in [-0.15, -0.1) is 0 Å². The molecule has 4 nitrogen and oxygen atoms in total. The number of para-hydroxylation sites is 2. The highest BCUT2D eigenvalue weighted by Gasteiger charge is 2.30. The second-order valence-electron chi connectivity index (χ2n) is 5.29. The molecular formula is C18H13NO3S. The molecule has 0 N–H and O–H groups in total. The number of sulfone groups is 1. The predicted octanol–water partition coefficient (Wildman–Crippen LogP) is 3.73. The minimum atomic E-state index is -3.67. The van der Waals surface area contributed by atoms with Crippen LogP contribution in [0.25, 0.3) is 10.8 Å². The molecule has 4 rings (SSSR count). The van der Waals surface area contributed by atoms with E-state index in [1.165, 1.54) is 6.21 Å². The molecule has 0 aliphatic carbocycles. The first-order valence-corrected chi connectivity index (χ1v) is 8.72. The van der Waals surface area contributed by atoms with Crippen LogP contribution in [0.15, 0.2) is 76.6 Å². The van der Waals surface area contributed by atoms with Crippen LogP contribution in [0.4, 0.5) is 5.69 Å². The second kappa shape index (κ2) is 5.21. The van der Waals surface area contributed by atoms with Crippen LogP contribution in [-0.4, -0.2) is 20.1 Å². The number of nitrogens with zero attached hydrogens (tertiary/aromatic N) is 1. The van der Waals surface area contributed by atoms with E-state index in [4.69, 9.17) is 4.74 Å². The molecule has 0 amide bonds. The van der Waals surface area contributed by atoms with Crippen molar-refractivity contribution in [2.75, 3.05) is 0 Å². The summed E-state index contributed by atoms with van der Waals surface area (Å²) in [6, 6.07) is 19.8. The maximum Gasteiger partial charge on any atom is 0.238 e. The van der Waals surface area contributed by atoms with E-state index in [0.29, 0.717) is 11.4 Å². The number of hydrogen-bond acceptors (Lipinski definition) is 4. The van der Waals surface area contributed by atoms with Crippen molar-refractivity contribution in [3.63, 3.8) is 0 Å². The summed E-state index contributed by atoms with van der Waals surface area (Å²) in [5, 5.41) is 1.87. The van der Waals surface area contributed by atoms with Crippen LogP contribution < -0.4 is 4.74 Å². The molecule has 0 radical (unpaired) electrons. The Bertz CT molecular complexity index is 1030. The molecule has 1 aliphatic rings. The Morgan fingerprint density at radius 3 is 2.48 bits per heavy atom. The minimum Gasteiger partial charge on any atom is -0.466 e. The van der Waals surface area contributed by atoms with Gasteiger partial charge in [0.25, 0.3) is 0 Å². The summed E-state index contributed by atoms with van der Waals surface area (Å²) in [7, 11) is -3.67. The Labute approximate surface area is 134 Å². The molecule has 114 valence electrons. The number of hydrogen-bond donors (Lipinski definition) is 0. The fraction of sp³-hybridized carbons (Fsp3) is 0.0556. The summed E-state index contributed by atoms with van der Waals surface area (Å²) in [6.07, 6.45) is 1.34. The summed E-state index contributed by atoms with van der Waals surface area (Å²) in [6.45, 7) is 0. The van der Waals surface area contributed by atoms with Gasteiger partial charge in [0, 0.05) is 0 Å². The standard InChI is InChI=1S/C18H13NO3S/c20-23(21,15-10-9-13-5-1-2-6-14(13)11-15)18-12-19-16-7-3-4-8-17(16)22-18/h1-12,18H. The van der Waals surface area contributed by atoms with Crippen LogP contribution >= 0.6 is 0 Å². The molecule has 0 spiro atoms. The lowest BCUT2D eigenvalue weighted by Gasteiger charge is -2.20. The summed E-state index contributed by atoms with van der Waals surface area (Å²) < 4.78 is 31.3. The third-order valence-corrected chi connectivity index (χ3v) is 5.54. The SMILES string of the molecule is O=S(=O)(c1ccc2ccccc2c1)C1C=Nc2ccccc2O1. The van der Waals surface area contributed by atoms with E-state index in [2.05, 4.69) is 4.99 Å². The minimum absolute atomic E-state index is 0.229. The number of aliphatic imine (C=N–C) groups is 1. The van der Waals surface area contributed by atoms with Crippen molar-refractivity contribution < 1.29 is 13.2 Å². The number of rotatable bonds is 2. The van der Waals surface area contributed by atoms with E-state index < -0.39 is 15.3 Å². The smallest absolute Gasteiger partial charge is 0.238 e. The van der Waals surface area contributed by atoms with Crippen LogP contribution in [0, 0.1) is 0 Å². The summed E-state index contributed by atoms with van der Waals surface area (Å²) >= 11 is 0. The van der Waals surface area contributed by atoms with Crippen LogP contribution in [0.1, 0.15) is 0 Å². The van der Waals surface area contributed by atoms with Gasteiger partial charge in [-0.25, -0.2) is 8.42 Å². The molecular weight excluding hydrogens is 310 g/mol. The van der Waals surface area contributed by atoms with Gasteiger partial charge in [-0.1, -0.05) is 42.5 Å². The van der Waals surface area contributed by atoms with E-state index in [0.717, 1.165) is 10.8 Å². The molecule has 0 saturated carbocycles. The van der Waals surface area contributed by atoms with E-state index >= 15 is 0 Å². The van der Waals surface area contributed by atoms with Crippen molar-refractivity contribution in [2.24, 2.45) is 4.99 Å². The molecule has 0 aromatic heterocycles. The topological polar surface area (TPSA) is 55.7 Å². The van der Waals surface area contributed by atoms with Crippen molar-refractivity contribution in [1.82, 2.24) is 0 Å². The molecule has 5 heteroatoms. The Morgan fingerprint density at radius 1 is 0.870 bits per heavy atom. The van der Waals surface area contributed by atoms with Gasteiger partial charge in [-0.3, -0.25) is 4.99 Å². The van der Waals surface area contributed by atoms with Crippen molar-refractivity contribution in [1.29, 1.82) is 0 Å².